The lowest BCUT2D eigenvalue weighted by atomic mass is 10.1. The molecule has 0 aliphatic heterocycles. The Morgan fingerprint density at radius 3 is 2.14 bits per heavy atom. The van der Waals surface area contributed by atoms with Gasteiger partial charge in [-0.1, -0.05) is 90.5 Å². The molecule has 4 heteroatoms. The van der Waals surface area contributed by atoms with Crippen molar-refractivity contribution in [3.63, 3.8) is 0 Å². The van der Waals surface area contributed by atoms with Gasteiger partial charge in [0, 0.05) is 10.6 Å². The number of hydrogen-bond donors (Lipinski definition) is 0. The number of ketones is 1. The fourth-order valence-corrected chi connectivity index (χ4v) is 3.96. The van der Waals surface area contributed by atoms with Gasteiger partial charge in [0.1, 0.15) is 0 Å². The summed E-state index contributed by atoms with van der Waals surface area (Å²) in [6.45, 7) is 0. The summed E-state index contributed by atoms with van der Waals surface area (Å²) >= 11 is 7.44. The van der Waals surface area contributed by atoms with E-state index < -0.39 is 0 Å². The Kier molecular flexibility index (Phi) is 5.47. The summed E-state index contributed by atoms with van der Waals surface area (Å²) in [7, 11) is 0. The average molecular weight is 402 g/mol. The van der Waals surface area contributed by atoms with Gasteiger partial charge in [0.25, 0.3) is 0 Å². The van der Waals surface area contributed by atoms with Crippen LogP contribution in [0.25, 0.3) is 27.8 Å². The number of thiazole rings is 1. The highest BCUT2D eigenvalue weighted by Gasteiger charge is 2.18. The van der Waals surface area contributed by atoms with Crippen LogP contribution in [0.3, 0.4) is 0 Å². The quantitative estimate of drug-likeness (QED) is 0.265. The third kappa shape index (κ3) is 4.11. The molecular weight excluding hydrogens is 386 g/mol. The predicted octanol–water partition coefficient (Wildman–Crippen LogP) is 7.03. The molecule has 0 N–H and O–H groups in total. The van der Waals surface area contributed by atoms with Crippen LogP contribution in [-0.4, -0.2) is 10.8 Å². The Morgan fingerprint density at radius 2 is 1.46 bits per heavy atom. The van der Waals surface area contributed by atoms with Crippen molar-refractivity contribution in [3.8, 4) is 21.7 Å². The first kappa shape index (κ1) is 18.4. The summed E-state index contributed by atoms with van der Waals surface area (Å²) in [4.78, 5) is 18.4. The minimum absolute atomic E-state index is 0.105. The van der Waals surface area contributed by atoms with Crippen LogP contribution in [0.15, 0.2) is 91.0 Å². The normalized spacial score (nSPS) is 11.0. The molecule has 0 unspecified atom stereocenters. The second-order valence-electron chi connectivity index (χ2n) is 6.18. The fourth-order valence-electron chi connectivity index (χ4n) is 2.82. The summed E-state index contributed by atoms with van der Waals surface area (Å²) in [5.41, 5.74) is 3.75. The molecular formula is C24H16ClNOS. The molecule has 0 amide bonds. The second kappa shape index (κ2) is 8.34. The highest BCUT2D eigenvalue weighted by Crippen LogP contribution is 2.37. The number of aromatic nitrogens is 1. The zero-order valence-corrected chi connectivity index (χ0v) is 16.5. The van der Waals surface area contributed by atoms with E-state index in [0.717, 1.165) is 27.3 Å². The molecule has 0 spiro atoms. The van der Waals surface area contributed by atoms with Crippen molar-refractivity contribution < 1.29 is 4.79 Å². The van der Waals surface area contributed by atoms with E-state index in [0.29, 0.717) is 10.0 Å². The minimum atomic E-state index is -0.105. The Hall–Kier alpha value is -3.01. The van der Waals surface area contributed by atoms with Gasteiger partial charge in [-0.25, -0.2) is 4.98 Å². The molecule has 2 nitrogen and oxygen atoms in total. The van der Waals surface area contributed by atoms with Crippen LogP contribution < -0.4 is 0 Å². The Balaban J connectivity index is 1.74. The Labute approximate surface area is 172 Å². The fraction of sp³-hybridized carbons (Fsp3) is 0. The molecule has 0 saturated heterocycles. The van der Waals surface area contributed by atoms with Gasteiger partial charge in [0.05, 0.1) is 10.6 Å². The van der Waals surface area contributed by atoms with Gasteiger partial charge >= 0.3 is 0 Å². The van der Waals surface area contributed by atoms with E-state index in [4.69, 9.17) is 11.6 Å². The third-order valence-electron chi connectivity index (χ3n) is 4.22. The molecule has 0 fully saturated rings. The Morgan fingerprint density at radius 1 is 0.821 bits per heavy atom. The van der Waals surface area contributed by atoms with Crippen molar-refractivity contribution in [2.24, 2.45) is 0 Å². The smallest absolute Gasteiger partial charge is 0.214 e. The third-order valence-corrected chi connectivity index (χ3v) is 5.59. The van der Waals surface area contributed by atoms with Gasteiger partial charge in [-0.05, 0) is 29.3 Å². The summed E-state index contributed by atoms with van der Waals surface area (Å²) < 4.78 is 0. The molecule has 4 rings (SSSR count). The van der Waals surface area contributed by atoms with Crippen LogP contribution in [0.2, 0.25) is 5.02 Å². The number of nitrogens with zero attached hydrogens (tertiary/aromatic N) is 1. The molecule has 0 aliphatic carbocycles. The lowest BCUT2D eigenvalue weighted by Gasteiger charge is -2.02. The second-order valence-corrected chi connectivity index (χ2v) is 7.61. The maximum Gasteiger partial charge on any atom is 0.214 e. The maximum atomic E-state index is 12.7. The van der Waals surface area contributed by atoms with Gasteiger partial charge < -0.3 is 0 Å². The summed E-state index contributed by atoms with van der Waals surface area (Å²) in [6, 6.07) is 27.3. The lowest BCUT2D eigenvalue weighted by Crippen LogP contribution is -1.93. The van der Waals surface area contributed by atoms with E-state index in [9.17, 15) is 4.79 Å². The number of allylic oxidation sites excluding steroid dienone is 1. The molecule has 136 valence electrons. The summed E-state index contributed by atoms with van der Waals surface area (Å²) in [5, 5.41) is 1.14. The summed E-state index contributed by atoms with van der Waals surface area (Å²) in [6.07, 6.45) is 3.39. The lowest BCUT2D eigenvalue weighted by molar-refractivity contribution is 0.104. The molecule has 1 heterocycles. The number of rotatable bonds is 5. The van der Waals surface area contributed by atoms with Crippen LogP contribution >= 0.6 is 22.9 Å². The van der Waals surface area contributed by atoms with Crippen molar-refractivity contribution in [3.05, 3.63) is 107 Å². The largest absolute Gasteiger partial charge is 0.287 e. The molecule has 1 aromatic heterocycles. The van der Waals surface area contributed by atoms with E-state index in [2.05, 4.69) is 4.98 Å². The van der Waals surface area contributed by atoms with E-state index in [1.807, 2.05) is 91.0 Å². The van der Waals surface area contributed by atoms with Gasteiger partial charge in [-0.3, -0.25) is 4.79 Å². The van der Waals surface area contributed by atoms with Crippen LogP contribution in [0, 0.1) is 0 Å². The zero-order chi connectivity index (χ0) is 19.3. The number of hydrogen-bond acceptors (Lipinski definition) is 3. The zero-order valence-electron chi connectivity index (χ0n) is 14.9. The number of carbonyl (C=O) groups excluding carboxylic acids is 1. The number of benzene rings is 3. The molecule has 0 saturated carbocycles. The van der Waals surface area contributed by atoms with Crippen molar-refractivity contribution in [2.75, 3.05) is 0 Å². The highest BCUT2D eigenvalue weighted by molar-refractivity contribution is 7.17. The van der Waals surface area contributed by atoms with Crippen LogP contribution in [-0.2, 0) is 0 Å². The van der Waals surface area contributed by atoms with Gasteiger partial charge in [-0.2, -0.15) is 0 Å². The molecule has 0 radical (unpaired) electrons. The maximum absolute atomic E-state index is 12.7. The van der Waals surface area contributed by atoms with Crippen molar-refractivity contribution in [2.45, 2.75) is 0 Å². The monoisotopic (exact) mass is 401 g/mol. The van der Waals surface area contributed by atoms with E-state index >= 15 is 0 Å². The van der Waals surface area contributed by atoms with Gasteiger partial charge in [0.2, 0.25) is 5.78 Å². The molecule has 0 atom stereocenters. The van der Waals surface area contributed by atoms with Crippen LogP contribution in [0.1, 0.15) is 15.4 Å². The standard InChI is InChI=1S/C24H16ClNOS/c25-20-14-12-18(13-15-20)22-23(19-9-5-2-6-10-19)28-24(26-22)21(27)16-11-17-7-3-1-4-8-17/h1-16H. The number of carbonyl (C=O) groups is 1. The van der Waals surface area contributed by atoms with Gasteiger partial charge in [-0.15, -0.1) is 11.3 Å². The molecule has 0 aliphatic rings. The molecule has 28 heavy (non-hydrogen) atoms. The molecule has 4 aromatic rings. The van der Waals surface area contributed by atoms with Gasteiger partial charge in [0.15, 0.2) is 5.01 Å². The number of halogens is 1. The Bertz CT molecular complexity index is 1120. The first-order valence-corrected chi connectivity index (χ1v) is 10.00. The highest BCUT2D eigenvalue weighted by atomic mass is 35.5. The van der Waals surface area contributed by atoms with Crippen LogP contribution in [0.4, 0.5) is 0 Å². The molecule has 3 aromatic carbocycles. The topological polar surface area (TPSA) is 30.0 Å². The SMILES string of the molecule is O=C(C=Cc1ccccc1)c1nc(-c2ccc(Cl)cc2)c(-c2ccccc2)s1. The molecule has 0 bridgehead atoms. The van der Waals surface area contributed by atoms with Crippen molar-refractivity contribution >= 4 is 34.8 Å². The van der Waals surface area contributed by atoms with E-state index in [1.165, 1.54) is 11.3 Å². The predicted molar refractivity (Wildman–Crippen MR) is 118 cm³/mol. The van der Waals surface area contributed by atoms with E-state index in [1.54, 1.807) is 6.08 Å². The van der Waals surface area contributed by atoms with E-state index in [-0.39, 0.29) is 5.78 Å². The average Bonchev–Trinajstić information content (AvgIpc) is 3.19. The van der Waals surface area contributed by atoms with Crippen molar-refractivity contribution in [1.82, 2.24) is 4.98 Å². The van der Waals surface area contributed by atoms with Crippen molar-refractivity contribution in [1.29, 1.82) is 0 Å². The first-order chi connectivity index (χ1) is 13.7. The van der Waals surface area contributed by atoms with Crippen LogP contribution in [0.5, 0.6) is 0 Å². The first-order valence-electron chi connectivity index (χ1n) is 8.80. The minimum Gasteiger partial charge on any atom is -0.287 e. The summed E-state index contributed by atoms with van der Waals surface area (Å²) in [5.74, 6) is -0.105.